The molecule has 1 aromatic carbocycles. The van der Waals surface area contributed by atoms with E-state index >= 15 is 0 Å². The smallest absolute Gasteiger partial charge is 0.257 e. The molecule has 0 saturated carbocycles. The number of benzene rings is 1. The zero-order valence-electron chi connectivity index (χ0n) is 15.6. The standard InChI is InChI=1S/C20H26N4O2/c1-14(2)26-18-9-5-4-8-17(18)23-20-21-11-16(12-22-20)19(25)24-10-6-7-15(3)13-24/h4-5,8-9,11-12,14-15H,6-7,10,13H2,1-3H3,(H,21,22,23). The van der Waals surface area contributed by atoms with Crippen molar-refractivity contribution in [3.8, 4) is 5.75 Å². The number of aromatic nitrogens is 2. The largest absolute Gasteiger partial charge is 0.489 e. The number of para-hydroxylation sites is 2. The summed E-state index contributed by atoms with van der Waals surface area (Å²) < 4.78 is 5.79. The number of ether oxygens (including phenoxy) is 1. The predicted molar refractivity (Wildman–Crippen MR) is 102 cm³/mol. The molecule has 1 atom stereocenters. The number of rotatable bonds is 5. The van der Waals surface area contributed by atoms with E-state index in [0.717, 1.165) is 30.9 Å². The van der Waals surface area contributed by atoms with Crippen molar-refractivity contribution in [1.29, 1.82) is 0 Å². The van der Waals surface area contributed by atoms with Gasteiger partial charge in [-0.25, -0.2) is 9.97 Å². The lowest BCUT2D eigenvalue weighted by Gasteiger charge is -2.30. The Bertz CT molecular complexity index is 746. The fourth-order valence-corrected chi connectivity index (χ4v) is 3.11. The molecule has 1 amide bonds. The first-order valence-electron chi connectivity index (χ1n) is 9.17. The summed E-state index contributed by atoms with van der Waals surface area (Å²) in [5, 5.41) is 3.16. The number of carbonyl (C=O) groups excluding carboxylic acids is 1. The Kier molecular flexibility index (Phi) is 5.71. The molecule has 1 aliphatic rings. The maximum atomic E-state index is 12.6. The zero-order valence-corrected chi connectivity index (χ0v) is 15.6. The van der Waals surface area contributed by atoms with Gasteiger partial charge in [-0.05, 0) is 44.7 Å². The van der Waals surface area contributed by atoms with Crippen LogP contribution in [0.15, 0.2) is 36.7 Å². The number of amides is 1. The predicted octanol–water partition coefficient (Wildman–Crippen LogP) is 3.88. The summed E-state index contributed by atoms with van der Waals surface area (Å²) in [5.41, 5.74) is 1.32. The second kappa shape index (κ2) is 8.17. The zero-order chi connectivity index (χ0) is 18.5. The molecular weight excluding hydrogens is 328 g/mol. The number of carbonyl (C=O) groups is 1. The lowest BCUT2D eigenvalue weighted by atomic mass is 10.00. The first-order chi connectivity index (χ1) is 12.5. The highest BCUT2D eigenvalue weighted by Gasteiger charge is 2.22. The highest BCUT2D eigenvalue weighted by molar-refractivity contribution is 5.93. The van der Waals surface area contributed by atoms with Gasteiger partial charge in [-0.2, -0.15) is 0 Å². The van der Waals surface area contributed by atoms with Crippen molar-refractivity contribution in [3.05, 3.63) is 42.2 Å². The van der Waals surface area contributed by atoms with Crippen molar-refractivity contribution in [2.75, 3.05) is 18.4 Å². The number of hydrogen-bond acceptors (Lipinski definition) is 5. The van der Waals surface area contributed by atoms with Crippen molar-refractivity contribution >= 4 is 17.5 Å². The van der Waals surface area contributed by atoms with E-state index in [9.17, 15) is 4.79 Å². The number of hydrogen-bond donors (Lipinski definition) is 1. The van der Waals surface area contributed by atoms with Crippen LogP contribution < -0.4 is 10.1 Å². The van der Waals surface area contributed by atoms with E-state index in [1.807, 2.05) is 43.0 Å². The summed E-state index contributed by atoms with van der Waals surface area (Å²) in [6.45, 7) is 7.76. The molecule has 26 heavy (non-hydrogen) atoms. The topological polar surface area (TPSA) is 67.4 Å². The second-order valence-electron chi connectivity index (χ2n) is 7.08. The molecule has 1 unspecified atom stereocenters. The minimum atomic E-state index is 0.00615. The van der Waals surface area contributed by atoms with Gasteiger partial charge in [-0.3, -0.25) is 4.79 Å². The van der Waals surface area contributed by atoms with Crippen LogP contribution in [-0.2, 0) is 0 Å². The van der Waals surface area contributed by atoms with Gasteiger partial charge in [0.2, 0.25) is 5.95 Å². The van der Waals surface area contributed by atoms with E-state index < -0.39 is 0 Å². The van der Waals surface area contributed by atoms with Crippen LogP contribution in [0.25, 0.3) is 0 Å². The summed E-state index contributed by atoms with van der Waals surface area (Å²) in [5.74, 6) is 1.74. The Balaban J connectivity index is 1.69. The molecule has 3 rings (SSSR count). The fraction of sp³-hybridized carbons (Fsp3) is 0.450. The molecule has 0 radical (unpaired) electrons. The van der Waals surface area contributed by atoms with Crippen molar-refractivity contribution in [1.82, 2.24) is 14.9 Å². The third kappa shape index (κ3) is 4.50. The maximum Gasteiger partial charge on any atom is 0.257 e. The van der Waals surface area contributed by atoms with Gasteiger partial charge in [0.05, 0.1) is 17.4 Å². The molecule has 138 valence electrons. The van der Waals surface area contributed by atoms with Crippen molar-refractivity contribution in [2.24, 2.45) is 5.92 Å². The average molecular weight is 354 g/mol. The maximum absolute atomic E-state index is 12.6. The van der Waals surface area contributed by atoms with E-state index in [-0.39, 0.29) is 12.0 Å². The van der Waals surface area contributed by atoms with Crippen molar-refractivity contribution in [3.63, 3.8) is 0 Å². The van der Waals surface area contributed by atoms with Gasteiger partial charge in [0.1, 0.15) is 5.75 Å². The minimum absolute atomic E-state index is 0.00615. The monoisotopic (exact) mass is 354 g/mol. The first-order valence-corrected chi connectivity index (χ1v) is 9.17. The Morgan fingerprint density at radius 2 is 2.00 bits per heavy atom. The summed E-state index contributed by atoms with van der Waals surface area (Å²) in [6.07, 6.45) is 5.48. The molecule has 1 aliphatic heterocycles. The molecule has 1 saturated heterocycles. The number of piperidine rings is 1. The quantitative estimate of drug-likeness (QED) is 0.882. The van der Waals surface area contributed by atoms with E-state index in [4.69, 9.17) is 4.74 Å². The molecule has 0 aliphatic carbocycles. The van der Waals surface area contributed by atoms with Gasteiger partial charge in [-0.1, -0.05) is 19.1 Å². The summed E-state index contributed by atoms with van der Waals surface area (Å²) in [6, 6.07) is 7.66. The van der Waals surface area contributed by atoms with Crippen LogP contribution in [0.2, 0.25) is 0 Å². The normalized spacial score (nSPS) is 17.2. The van der Waals surface area contributed by atoms with Gasteiger partial charge in [0, 0.05) is 25.5 Å². The Hall–Kier alpha value is -2.63. The van der Waals surface area contributed by atoms with Gasteiger partial charge in [0.15, 0.2) is 0 Å². The third-order valence-electron chi connectivity index (χ3n) is 4.34. The molecular formula is C20H26N4O2. The van der Waals surface area contributed by atoms with Crippen LogP contribution in [0, 0.1) is 5.92 Å². The van der Waals surface area contributed by atoms with Gasteiger partial charge >= 0.3 is 0 Å². The second-order valence-corrected chi connectivity index (χ2v) is 7.08. The van der Waals surface area contributed by atoms with Crippen molar-refractivity contribution < 1.29 is 9.53 Å². The van der Waals surface area contributed by atoms with E-state index in [0.29, 0.717) is 17.4 Å². The molecule has 2 aromatic rings. The summed E-state index contributed by atoms with van der Waals surface area (Å²) in [7, 11) is 0. The van der Waals surface area contributed by atoms with Crippen LogP contribution in [0.4, 0.5) is 11.6 Å². The average Bonchev–Trinajstić information content (AvgIpc) is 2.63. The molecule has 1 aromatic heterocycles. The molecule has 1 fully saturated rings. The summed E-state index contributed by atoms with van der Waals surface area (Å²) >= 11 is 0. The molecule has 2 heterocycles. The molecule has 6 heteroatoms. The molecule has 0 spiro atoms. The van der Waals surface area contributed by atoms with Crippen LogP contribution in [-0.4, -0.2) is 40.0 Å². The fourth-order valence-electron chi connectivity index (χ4n) is 3.11. The van der Waals surface area contributed by atoms with Crippen LogP contribution in [0.1, 0.15) is 44.0 Å². The van der Waals surface area contributed by atoms with E-state index in [1.165, 1.54) is 6.42 Å². The molecule has 0 bridgehead atoms. The Morgan fingerprint density at radius 3 is 2.69 bits per heavy atom. The highest BCUT2D eigenvalue weighted by atomic mass is 16.5. The number of likely N-dealkylation sites (tertiary alicyclic amines) is 1. The lowest BCUT2D eigenvalue weighted by molar-refractivity contribution is 0.0682. The molecule has 1 N–H and O–H groups in total. The lowest BCUT2D eigenvalue weighted by Crippen LogP contribution is -2.39. The first kappa shape index (κ1) is 18.2. The number of nitrogens with zero attached hydrogens (tertiary/aromatic N) is 3. The van der Waals surface area contributed by atoms with Crippen LogP contribution in [0.5, 0.6) is 5.75 Å². The van der Waals surface area contributed by atoms with Gasteiger partial charge in [-0.15, -0.1) is 0 Å². The number of nitrogens with one attached hydrogen (secondary N) is 1. The Labute approximate surface area is 154 Å². The number of anilines is 2. The van der Waals surface area contributed by atoms with E-state index in [1.54, 1.807) is 12.4 Å². The van der Waals surface area contributed by atoms with E-state index in [2.05, 4.69) is 22.2 Å². The highest BCUT2D eigenvalue weighted by Crippen LogP contribution is 2.27. The minimum Gasteiger partial charge on any atom is -0.489 e. The third-order valence-corrected chi connectivity index (χ3v) is 4.34. The van der Waals surface area contributed by atoms with Crippen LogP contribution >= 0.6 is 0 Å². The van der Waals surface area contributed by atoms with Gasteiger partial charge in [0.25, 0.3) is 5.91 Å². The molecule has 6 nitrogen and oxygen atoms in total. The summed E-state index contributed by atoms with van der Waals surface area (Å²) in [4.78, 5) is 23.1. The SMILES string of the molecule is CC1CCCN(C(=O)c2cnc(Nc3ccccc3OC(C)C)nc2)C1. The Morgan fingerprint density at radius 1 is 1.27 bits per heavy atom. The van der Waals surface area contributed by atoms with Gasteiger partial charge < -0.3 is 15.0 Å². The van der Waals surface area contributed by atoms with Crippen molar-refractivity contribution in [2.45, 2.75) is 39.7 Å². The van der Waals surface area contributed by atoms with Crippen LogP contribution in [0.3, 0.4) is 0 Å².